The largest absolute Gasteiger partial charge is 0.381 e. The lowest BCUT2D eigenvalue weighted by atomic mass is 10.0. The molecule has 0 unspecified atom stereocenters. The zero-order chi connectivity index (χ0) is 18.3. The minimum absolute atomic E-state index is 0. The third kappa shape index (κ3) is 6.79. The summed E-state index contributed by atoms with van der Waals surface area (Å²) >= 11 is 0. The molecule has 0 aromatic heterocycles. The van der Waals surface area contributed by atoms with E-state index in [1.165, 1.54) is 0 Å². The van der Waals surface area contributed by atoms with E-state index < -0.39 is 14.6 Å². The summed E-state index contributed by atoms with van der Waals surface area (Å²) in [5.41, 5.74) is 0. The van der Waals surface area contributed by atoms with E-state index >= 15 is 0 Å². The van der Waals surface area contributed by atoms with Gasteiger partial charge in [0, 0.05) is 53.1 Å². The van der Waals surface area contributed by atoms with Crippen molar-refractivity contribution in [1.29, 1.82) is 0 Å². The Labute approximate surface area is 175 Å². The number of guanidine groups is 1. The number of hydrogen-bond acceptors (Lipinski definition) is 5. The predicted octanol–water partition coefficient (Wildman–Crippen LogP) is 1.52. The fourth-order valence-electron chi connectivity index (χ4n) is 3.19. The molecule has 0 aromatic rings. The second kappa shape index (κ2) is 11.0. The van der Waals surface area contributed by atoms with E-state index in [0.29, 0.717) is 19.0 Å². The summed E-state index contributed by atoms with van der Waals surface area (Å²) in [7, 11) is -1.30. The molecule has 0 radical (unpaired) electrons. The number of rotatable bonds is 6. The van der Waals surface area contributed by atoms with Crippen LogP contribution in [0.2, 0.25) is 0 Å². The van der Waals surface area contributed by atoms with Gasteiger partial charge in [0.05, 0.1) is 10.5 Å². The Bertz CT molecular complexity index is 548. The van der Waals surface area contributed by atoms with E-state index in [1.54, 1.807) is 20.9 Å². The molecule has 2 saturated heterocycles. The van der Waals surface area contributed by atoms with Gasteiger partial charge in [0.1, 0.15) is 0 Å². The molecule has 2 aliphatic rings. The standard InChI is InChI=1S/C17H33N3O4S.HI/c1-17(2)14-20(8-12-25(17,21)22)16(18-3)19-7-4-9-24-13-15-5-10-23-11-6-15;/h15H,4-14H2,1-3H3,(H,18,19);1H. The Morgan fingerprint density at radius 2 is 2.04 bits per heavy atom. The summed E-state index contributed by atoms with van der Waals surface area (Å²) in [5, 5.41) is 3.32. The number of ether oxygens (including phenoxy) is 2. The minimum atomic E-state index is -3.03. The number of aliphatic imine (C=N–C) groups is 1. The summed E-state index contributed by atoms with van der Waals surface area (Å²) < 4.78 is 34.6. The van der Waals surface area contributed by atoms with Crippen LogP contribution in [-0.4, -0.2) is 82.9 Å². The third-order valence-corrected chi connectivity index (χ3v) is 7.53. The quantitative estimate of drug-likeness (QED) is 0.256. The second-order valence-electron chi connectivity index (χ2n) is 7.46. The van der Waals surface area contributed by atoms with Gasteiger partial charge in [0.2, 0.25) is 0 Å². The molecule has 2 aliphatic heterocycles. The van der Waals surface area contributed by atoms with Crippen molar-refractivity contribution in [2.45, 2.75) is 37.9 Å². The van der Waals surface area contributed by atoms with Crippen LogP contribution < -0.4 is 5.32 Å². The van der Waals surface area contributed by atoms with Gasteiger partial charge in [-0.3, -0.25) is 4.99 Å². The highest BCUT2D eigenvalue weighted by Gasteiger charge is 2.40. The van der Waals surface area contributed by atoms with E-state index in [-0.39, 0.29) is 29.7 Å². The van der Waals surface area contributed by atoms with E-state index in [9.17, 15) is 8.42 Å². The monoisotopic (exact) mass is 503 g/mol. The molecule has 154 valence electrons. The van der Waals surface area contributed by atoms with Gasteiger partial charge in [-0.25, -0.2) is 8.42 Å². The number of nitrogens with one attached hydrogen (secondary N) is 1. The molecule has 9 heteroatoms. The van der Waals surface area contributed by atoms with Crippen LogP contribution >= 0.6 is 24.0 Å². The number of hydrogen-bond donors (Lipinski definition) is 1. The first-order valence-corrected chi connectivity index (χ1v) is 10.8. The lowest BCUT2D eigenvalue weighted by molar-refractivity contribution is 0.0203. The Morgan fingerprint density at radius 3 is 2.65 bits per heavy atom. The third-order valence-electron chi connectivity index (χ3n) is 5.00. The fraction of sp³-hybridized carbons (Fsp3) is 0.941. The molecule has 0 spiro atoms. The molecule has 0 amide bonds. The second-order valence-corrected chi connectivity index (χ2v) is 10.2. The molecule has 1 N–H and O–H groups in total. The maximum Gasteiger partial charge on any atom is 0.193 e. The van der Waals surface area contributed by atoms with Crippen LogP contribution in [-0.2, 0) is 19.3 Å². The lowest BCUT2D eigenvalue weighted by Gasteiger charge is -2.39. The molecular formula is C17H34IN3O4S. The average molecular weight is 503 g/mol. The van der Waals surface area contributed by atoms with E-state index in [0.717, 1.165) is 58.2 Å². The smallest absolute Gasteiger partial charge is 0.193 e. The molecule has 2 fully saturated rings. The van der Waals surface area contributed by atoms with Crippen LogP contribution in [0.4, 0.5) is 0 Å². The zero-order valence-corrected chi connectivity index (χ0v) is 19.3. The highest BCUT2D eigenvalue weighted by Crippen LogP contribution is 2.23. The summed E-state index contributed by atoms with van der Waals surface area (Å²) in [6.45, 7) is 8.54. The fourth-order valence-corrected chi connectivity index (χ4v) is 4.56. The van der Waals surface area contributed by atoms with Crippen molar-refractivity contribution in [3.05, 3.63) is 0 Å². The van der Waals surface area contributed by atoms with Crippen LogP contribution in [0.3, 0.4) is 0 Å². The van der Waals surface area contributed by atoms with Gasteiger partial charge in [-0.2, -0.15) is 0 Å². The van der Waals surface area contributed by atoms with E-state index in [1.807, 2.05) is 4.90 Å². The van der Waals surface area contributed by atoms with E-state index in [4.69, 9.17) is 9.47 Å². The minimum Gasteiger partial charge on any atom is -0.381 e. The molecule has 0 atom stereocenters. The SMILES string of the molecule is CN=C(NCCCOCC1CCOCC1)N1CCS(=O)(=O)C(C)(C)C1.I. The van der Waals surface area contributed by atoms with Crippen molar-refractivity contribution in [3.63, 3.8) is 0 Å². The average Bonchev–Trinajstić information content (AvgIpc) is 2.58. The van der Waals surface area contributed by atoms with Crippen molar-refractivity contribution >= 4 is 39.8 Å². The molecule has 2 heterocycles. The van der Waals surface area contributed by atoms with Crippen molar-refractivity contribution < 1.29 is 17.9 Å². The zero-order valence-electron chi connectivity index (χ0n) is 16.2. The molecular weight excluding hydrogens is 469 g/mol. The van der Waals surface area contributed by atoms with Crippen LogP contribution in [0.15, 0.2) is 4.99 Å². The number of halogens is 1. The van der Waals surface area contributed by atoms with Gasteiger partial charge >= 0.3 is 0 Å². The summed E-state index contributed by atoms with van der Waals surface area (Å²) in [5.74, 6) is 1.58. The van der Waals surface area contributed by atoms with Crippen LogP contribution in [0.1, 0.15) is 33.1 Å². The molecule has 0 bridgehead atoms. The Kier molecular flexibility index (Phi) is 10.1. The van der Waals surface area contributed by atoms with Gasteiger partial charge in [-0.05, 0) is 39.0 Å². The molecule has 7 nitrogen and oxygen atoms in total. The van der Waals surface area contributed by atoms with Crippen molar-refractivity contribution in [2.24, 2.45) is 10.9 Å². The predicted molar refractivity (Wildman–Crippen MR) is 115 cm³/mol. The Balaban J connectivity index is 0.00000338. The van der Waals surface area contributed by atoms with Gasteiger partial charge < -0.3 is 19.7 Å². The first-order chi connectivity index (χ1) is 11.9. The lowest BCUT2D eigenvalue weighted by Crippen LogP contribution is -2.57. The maximum atomic E-state index is 12.1. The van der Waals surface area contributed by atoms with Gasteiger partial charge in [0.25, 0.3) is 0 Å². The van der Waals surface area contributed by atoms with Gasteiger partial charge in [-0.15, -0.1) is 24.0 Å². The van der Waals surface area contributed by atoms with Crippen molar-refractivity contribution in [2.75, 3.05) is 58.9 Å². The van der Waals surface area contributed by atoms with Crippen LogP contribution in [0.5, 0.6) is 0 Å². The van der Waals surface area contributed by atoms with E-state index in [2.05, 4.69) is 10.3 Å². The van der Waals surface area contributed by atoms with Crippen molar-refractivity contribution in [1.82, 2.24) is 10.2 Å². The maximum absolute atomic E-state index is 12.1. The first kappa shape index (κ1) is 23.9. The van der Waals surface area contributed by atoms with Crippen LogP contribution in [0, 0.1) is 5.92 Å². The summed E-state index contributed by atoms with van der Waals surface area (Å²) in [6.07, 6.45) is 3.09. The molecule has 0 saturated carbocycles. The normalized spacial score (nSPS) is 23.3. The van der Waals surface area contributed by atoms with Crippen LogP contribution in [0.25, 0.3) is 0 Å². The molecule has 26 heavy (non-hydrogen) atoms. The molecule has 0 aromatic carbocycles. The van der Waals surface area contributed by atoms with Crippen molar-refractivity contribution in [3.8, 4) is 0 Å². The highest BCUT2D eigenvalue weighted by atomic mass is 127. The molecule has 0 aliphatic carbocycles. The Morgan fingerprint density at radius 1 is 1.35 bits per heavy atom. The summed E-state index contributed by atoms with van der Waals surface area (Å²) in [6, 6.07) is 0. The van der Waals surface area contributed by atoms with Gasteiger partial charge in [-0.1, -0.05) is 0 Å². The number of nitrogens with zero attached hydrogens (tertiary/aromatic N) is 2. The van der Waals surface area contributed by atoms with Gasteiger partial charge in [0.15, 0.2) is 15.8 Å². The molecule has 2 rings (SSSR count). The highest BCUT2D eigenvalue weighted by molar-refractivity contribution is 14.0. The summed E-state index contributed by atoms with van der Waals surface area (Å²) in [4.78, 5) is 6.33. The Hall–Kier alpha value is -0.130. The first-order valence-electron chi connectivity index (χ1n) is 9.19. The topological polar surface area (TPSA) is 80.2 Å². The number of sulfone groups is 1.